The zero-order chi connectivity index (χ0) is 14.6. The summed E-state index contributed by atoms with van der Waals surface area (Å²) in [7, 11) is 2.18. The van der Waals surface area contributed by atoms with Gasteiger partial charge in [-0.15, -0.1) is 0 Å². The number of nitrogens with one attached hydrogen (secondary N) is 1. The van der Waals surface area contributed by atoms with Crippen molar-refractivity contribution >= 4 is 0 Å². The van der Waals surface area contributed by atoms with E-state index in [9.17, 15) is 0 Å². The Balaban J connectivity index is 1.92. The molecule has 2 rings (SSSR count). The van der Waals surface area contributed by atoms with Crippen LogP contribution in [0, 0.1) is 12.3 Å². The molecule has 0 bridgehead atoms. The molecular formula is C16H28N2O2. The van der Waals surface area contributed by atoms with Gasteiger partial charge >= 0.3 is 0 Å². The predicted molar refractivity (Wildman–Crippen MR) is 80.8 cm³/mol. The van der Waals surface area contributed by atoms with Crippen LogP contribution in [0.5, 0.6) is 0 Å². The molecule has 4 nitrogen and oxygen atoms in total. The first-order valence-electron chi connectivity index (χ1n) is 7.53. The SMILES string of the molecule is Cc1occc1CN(C)CC1(CNC(C)C)CCOC1. The first-order chi connectivity index (χ1) is 9.51. The van der Waals surface area contributed by atoms with Gasteiger partial charge in [0, 0.05) is 43.3 Å². The second kappa shape index (κ2) is 6.74. The minimum Gasteiger partial charge on any atom is -0.469 e. The van der Waals surface area contributed by atoms with Gasteiger partial charge < -0.3 is 19.4 Å². The molecule has 0 spiro atoms. The van der Waals surface area contributed by atoms with E-state index >= 15 is 0 Å². The van der Waals surface area contributed by atoms with E-state index in [0.29, 0.717) is 6.04 Å². The van der Waals surface area contributed by atoms with Crippen LogP contribution in [0.3, 0.4) is 0 Å². The number of ether oxygens (including phenoxy) is 1. The van der Waals surface area contributed by atoms with E-state index in [4.69, 9.17) is 9.15 Å². The summed E-state index contributed by atoms with van der Waals surface area (Å²) < 4.78 is 11.0. The minimum absolute atomic E-state index is 0.247. The Bertz CT molecular complexity index is 408. The van der Waals surface area contributed by atoms with E-state index < -0.39 is 0 Å². The maximum Gasteiger partial charge on any atom is 0.105 e. The second-order valence-corrected chi connectivity index (χ2v) is 6.51. The second-order valence-electron chi connectivity index (χ2n) is 6.51. The van der Waals surface area contributed by atoms with Crippen LogP contribution in [0.25, 0.3) is 0 Å². The summed E-state index contributed by atoms with van der Waals surface area (Å²) in [6, 6.07) is 2.59. The van der Waals surface area contributed by atoms with E-state index in [-0.39, 0.29) is 5.41 Å². The topological polar surface area (TPSA) is 37.6 Å². The third-order valence-electron chi connectivity index (χ3n) is 4.08. The number of nitrogens with zero attached hydrogens (tertiary/aromatic N) is 1. The fraction of sp³-hybridized carbons (Fsp3) is 0.750. The average molecular weight is 280 g/mol. The lowest BCUT2D eigenvalue weighted by Gasteiger charge is -2.33. The molecule has 1 atom stereocenters. The monoisotopic (exact) mass is 280 g/mol. The largest absolute Gasteiger partial charge is 0.469 e. The molecule has 1 aromatic heterocycles. The van der Waals surface area contributed by atoms with Gasteiger partial charge in [0.1, 0.15) is 5.76 Å². The van der Waals surface area contributed by atoms with E-state index in [1.54, 1.807) is 6.26 Å². The van der Waals surface area contributed by atoms with Crippen LogP contribution in [0.15, 0.2) is 16.7 Å². The van der Waals surface area contributed by atoms with Gasteiger partial charge in [0.2, 0.25) is 0 Å². The van der Waals surface area contributed by atoms with Crippen molar-refractivity contribution in [3.05, 3.63) is 23.7 Å². The highest BCUT2D eigenvalue weighted by Gasteiger charge is 2.35. The van der Waals surface area contributed by atoms with Crippen molar-refractivity contribution in [1.29, 1.82) is 0 Å². The molecule has 0 saturated carbocycles. The lowest BCUT2D eigenvalue weighted by molar-refractivity contribution is 0.115. The first kappa shape index (κ1) is 15.5. The molecule has 0 aliphatic carbocycles. The molecule has 1 aliphatic heterocycles. The third kappa shape index (κ3) is 4.08. The van der Waals surface area contributed by atoms with Gasteiger partial charge in [-0.2, -0.15) is 0 Å². The van der Waals surface area contributed by atoms with Crippen molar-refractivity contribution in [2.75, 3.05) is 33.4 Å². The van der Waals surface area contributed by atoms with Gasteiger partial charge in [-0.05, 0) is 26.5 Å². The molecular weight excluding hydrogens is 252 g/mol. The molecule has 1 saturated heterocycles. The summed E-state index contributed by atoms with van der Waals surface area (Å²) >= 11 is 0. The molecule has 1 aliphatic rings. The van der Waals surface area contributed by atoms with Gasteiger partial charge in [-0.3, -0.25) is 0 Å². The van der Waals surface area contributed by atoms with E-state index in [1.165, 1.54) is 5.56 Å². The van der Waals surface area contributed by atoms with Gasteiger partial charge in [0.05, 0.1) is 12.9 Å². The molecule has 4 heteroatoms. The standard InChI is InChI=1S/C16H28N2O2/c1-13(2)17-10-16(6-8-19-12-16)11-18(4)9-15-5-7-20-14(15)3/h5,7,13,17H,6,8-12H2,1-4H3. The van der Waals surface area contributed by atoms with Crippen molar-refractivity contribution in [2.24, 2.45) is 5.41 Å². The van der Waals surface area contributed by atoms with Crippen LogP contribution in [0.4, 0.5) is 0 Å². The Kier molecular flexibility index (Phi) is 5.24. The summed E-state index contributed by atoms with van der Waals surface area (Å²) in [6.07, 6.45) is 2.91. The number of rotatable bonds is 7. The molecule has 1 unspecified atom stereocenters. The van der Waals surface area contributed by atoms with Gasteiger partial charge in [0.15, 0.2) is 0 Å². The molecule has 20 heavy (non-hydrogen) atoms. The molecule has 1 fully saturated rings. The molecule has 114 valence electrons. The van der Waals surface area contributed by atoms with E-state index in [2.05, 4.69) is 37.2 Å². The zero-order valence-corrected chi connectivity index (χ0v) is 13.2. The van der Waals surface area contributed by atoms with Crippen molar-refractivity contribution in [2.45, 2.75) is 39.8 Å². The quantitative estimate of drug-likeness (QED) is 0.832. The summed E-state index contributed by atoms with van der Waals surface area (Å²) in [5.74, 6) is 1.02. The van der Waals surface area contributed by atoms with Crippen molar-refractivity contribution in [1.82, 2.24) is 10.2 Å². The Labute approximate surface area is 122 Å². The number of furan rings is 1. The Morgan fingerprint density at radius 3 is 2.80 bits per heavy atom. The smallest absolute Gasteiger partial charge is 0.105 e. The lowest BCUT2D eigenvalue weighted by atomic mass is 9.86. The molecule has 1 aromatic rings. The fourth-order valence-electron chi connectivity index (χ4n) is 2.88. The van der Waals surface area contributed by atoms with Crippen LogP contribution in [-0.4, -0.2) is 44.3 Å². The molecule has 1 N–H and O–H groups in total. The molecule has 0 radical (unpaired) electrons. The maximum atomic E-state index is 5.67. The summed E-state index contributed by atoms with van der Waals surface area (Å²) in [5, 5.41) is 3.58. The van der Waals surface area contributed by atoms with Gasteiger partial charge in [0.25, 0.3) is 0 Å². The Morgan fingerprint density at radius 2 is 2.25 bits per heavy atom. The minimum atomic E-state index is 0.247. The molecule has 2 heterocycles. The highest BCUT2D eigenvalue weighted by molar-refractivity contribution is 5.15. The molecule has 0 aromatic carbocycles. The van der Waals surface area contributed by atoms with E-state index in [0.717, 1.165) is 45.0 Å². The highest BCUT2D eigenvalue weighted by Crippen LogP contribution is 2.29. The average Bonchev–Trinajstić information content (AvgIpc) is 2.98. The van der Waals surface area contributed by atoms with Gasteiger partial charge in [-0.25, -0.2) is 0 Å². The highest BCUT2D eigenvalue weighted by atomic mass is 16.5. The summed E-state index contributed by atoms with van der Waals surface area (Å²) in [5.41, 5.74) is 1.52. The summed E-state index contributed by atoms with van der Waals surface area (Å²) in [4.78, 5) is 2.38. The normalized spacial score (nSPS) is 23.1. The van der Waals surface area contributed by atoms with Crippen LogP contribution >= 0.6 is 0 Å². The van der Waals surface area contributed by atoms with Crippen LogP contribution in [0.2, 0.25) is 0 Å². The van der Waals surface area contributed by atoms with Gasteiger partial charge in [-0.1, -0.05) is 13.8 Å². The number of hydrogen-bond donors (Lipinski definition) is 1. The Morgan fingerprint density at radius 1 is 1.45 bits per heavy atom. The van der Waals surface area contributed by atoms with Crippen LogP contribution < -0.4 is 5.32 Å². The predicted octanol–water partition coefficient (Wildman–Crippen LogP) is 2.42. The fourth-order valence-corrected chi connectivity index (χ4v) is 2.88. The lowest BCUT2D eigenvalue weighted by Crippen LogP contribution is -2.45. The van der Waals surface area contributed by atoms with Crippen molar-refractivity contribution < 1.29 is 9.15 Å². The zero-order valence-electron chi connectivity index (χ0n) is 13.2. The van der Waals surface area contributed by atoms with Crippen LogP contribution in [0.1, 0.15) is 31.6 Å². The first-order valence-corrected chi connectivity index (χ1v) is 7.53. The van der Waals surface area contributed by atoms with Crippen molar-refractivity contribution in [3.63, 3.8) is 0 Å². The number of aryl methyl sites for hydroxylation is 1. The van der Waals surface area contributed by atoms with Crippen molar-refractivity contribution in [3.8, 4) is 0 Å². The summed E-state index contributed by atoms with van der Waals surface area (Å²) in [6.45, 7) is 11.2. The maximum absolute atomic E-state index is 5.67. The van der Waals surface area contributed by atoms with E-state index in [1.807, 2.05) is 6.92 Å². The van der Waals surface area contributed by atoms with Crippen LogP contribution in [-0.2, 0) is 11.3 Å². The molecule has 0 amide bonds. The third-order valence-corrected chi connectivity index (χ3v) is 4.08. The Hall–Kier alpha value is -0.840. The number of hydrogen-bond acceptors (Lipinski definition) is 4.